The maximum absolute atomic E-state index is 9.67. The minimum Gasteiger partial charge on any atom is -0.391 e. The Morgan fingerprint density at radius 1 is 1.47 bits per heavy atom. The summed E-state index contributed by atoms with van der Waals surface area (Å²) in [4.78, 5) is 5.06. The molecule has 3 atom stereocenters. The summed E-state index contributed by atoms with van der Waals surface area (Å²) in [7, 11) is 0. The average molecular weight is 277 g/mol. The van der Waals surface area contributed by atoms with E-state index in [0.29, 0.717) is 11.4 Å². The Morgan fingerprint density at radius 2 is 2.27 bits per heavy atom. The first-order chi connectivity index (χ1) is 7.20. The van der Waals surface area contributed by atoms with Crippen molar-refractivity contribution in [2.24, 2.45) is 0 Å². The van der Waals surface area contributed by atoms with E-state index in [4.69, 9.17) is 0 Å². The van der Waals surface area contributed by atoms with E-state index in [1.54, 1.807) is 0 Å². The van der Waals surface area contributed by atoms with Crippen molar-refractivity contribution in [3.05, 3.63) is 0 Å². The number of rotatable bonds is 3. The van der Waals surface area contributed by atoms with Crippen molar-refractivity contribution in [3.8, 4) is 0 Å². The molecule has 0 aromatic carbocycles. The van der Waals surface area contributed by atoms with Gasteiger partial charge in [-0.2, -0.15) is 0 Å². The second-order valence-electron chi connectivity index (χ2n) is 4.90. The second-order valence-corrected chi connectivity index (χ2v) is 5.55. The lowest BCUT2D eigenvalue weighted by Gasteiger charge is -2.42. The molecule has 0 aromatic rings. The Balaban J connectivity index is 1.89. The van der Waals surface area contributed by atoms with E-state index in [2.05, 4.69) is 32.7 Å². The predicted octanol–water partition coefficient (Wildman–Crippen LogP) is 0.911. The number of hydrogen-bond donors (Lipinski definition) is 1. The van der Waals surface area contributed by atoms with Crippen molar-refractivity contribution in [2.45, 2.75) is 38.0 Å². The van der Waals surface area contributed by atoms with E-state index in [9.17, 15) is 5.11 Å². The second kappa shape index (κ2) is 5.13. The summed E-state index contributed by atoms with van der Waals surface area (Å²) in [5.74, 6) is 0. The Hall–Kier alpha value is 0.360. The van der Waals surface area contributed by atoms with Crippen molar-refractivity contribution < 1.29 is 5.11 Å². The number of aliphatic hydroxyl groups excluding tert-OH is 1. The van der Waals surface area contributed by atoms with E-state index >= 15 is 0 Å². The molecule has 2 rings (SSSR count). The first-order valence-electron chi connectivity index (χ1n) is 5.93. The lowest BCUT2D eigenvalue weighted by molar-refractivity contribution is 0.0293. The van der Waals surface area contributed by atoms with Gasteiger partial charge in [-0.05, 0) is 26.3 Å². The zero-order valence-corrected chi connectivity index (χ0v) is 11.0. The highest BCUT2D eigenvalue weighted by Crippen LogP contribution is 2.24. The van der Waals surface area contributed by atoms with Gasteiger partial charge in [-0.3, -0.25) is 9.80 Å². The molecule has 2 heterocycles. The topological polar surface area (TPSA) is 26.7 Å². The van der Waals surface area contributed by atoms with Crippen LogP contribution < -0.4 is 0 Å². The molecule has 3 nitrogen and oxygen atoms in total. The highest BCUT2D eigenvalue weighted by molar-refractivity contribution is 9.09. The molecule has 0 aromatic heterocycles. The summed E-state index contributed by atoms with van der Waals surface area (Å²) in [6.45, 7) is 6.70. The third-order valence-corrected chi connectivity index (χ3v) is 4.44. The van der Waals surface area contributed by atoms with Crippen LogP contribution in [0.4, 0.5) is 0 Å². The van der Waals surface area contributed by atoms with Gasteiger partial charge < -0.3 is 5.11 Å². The van der Waals surface area contributed by atoms with Gasteiger partial charge in [0, 0.05) is 37.0 Å². The Kier molecular flexibility index (Phi) is 4.04. The van der Waals surface area contributed by atoms with Gasteiger partial charge in [0.05, 0.1) is 6.10 Å². The summed E-state index contributed by atoms with van der Waals surface area (Å²) in [5, 5.41) is 10.4. The molecule has 0 saturated carbocycles. The Bertz CT molecular complexity index is 215. The Labute approximate surface area is 101 Å². The van der Waals surface area contributed by atoms with Gasteiger partial charge in [-0.15, -0.1) is 0 Å². The zero-order chi connectivity index (χ0) is 10.8. The summed E-state index contributed by atoms with van der Waals surface area (Å²) in [5.41, 5.74) is 0. The molecule has 3 unspecified atom stereocenters. The third-order valence-electron chi connectivity index (χ3n) is 3.69. The predicted molar refractivity (Wildman–Crippen MR) is 65.4 cm³/mol. The minimum absolute atomic E-state index is 0.222. The van der Waals surface area contributed by atoms with Crippen molar-refractivity contribution >= 4 is 15.9 Å². The molecule has 2 aliphatic rings. The molecule has 2 saturated heterocycles. The highest BCUT2D eigenvalue weighted by atomic mass is 79.9. The summed E-state index contributed by atoms with van der Waals surface area (Å²) in [6.07, 6.45) is 2.47. The number of alkyl halides is 1. The summed E-state index contributed by atoms with van der Waals surface area (Å²) in [6, 6.07) is 1.34. The van der Waals surface area contributed by atoms with E-state index < -0.39 is 0 Å². The lowest BCUT2D eigenvalue weighted by Crippen LogP contribution is -2.56. The van der Waals surface area contributed by atoms with Crippen LogP contribution in [0.5, 0.6) is 0 Å². The van der Waals surface area contributed by atoms with Crippen molar-refractivity contribution in [1.29, 1.82) is 0 Å². The van der Waals surface area contributed by atoms with E-state index in [1.807, 2.05) is 0 Å². The number of halogens is 1. The van der Waals surface area contributed by atoms with Gasteiger partial charge in [0.15, 0.2) is 0 Å². The van der Waals surface area contributed by atoms with Crippen molar-refractivity contribution in [1.82, 2.24) is 9.80 Å². The molecule has 0 amide bonds. The molecule has 0 bridgehead atoms. The number of hydrogen-bond acceptors (Lipinski definition) is 3. The fourth-order valence-corrected chi connectivity index (χ4v) is 3.03. The maximum Gasteiger partial charge on any atom is 0.0763 e. The van der Waals surface area contributed by atoms with Crippen molar-refractivity contribution in [3.63, 3.8) is 0 Å². The van der Waals surface area contributed by atoms with Crippen LogP contribution in [0.15, 0.2) is 0 Å². The summed E-state index contributed by atoms with van der Waals surface area (Å²) >= 11 is 3.33. The van der Waals surface area contributed by atoms with Crippen LogP contribution in [-0.4, -0.2) is 64.6 Å². The summed E-state index contributed by atoms with van der Waals surface area (Å²) < 4.78 is 0. The Morgan fingerprint density at radius 3 is 3.00 bits per heavy atom. The number of fused-ring (bicyclic) bond motifs is 1. The van der Waals surface area contributed by atoms with Crippen LogP contribution in [0.2, 0.25) is 0 Å². The van der Waals surface area contributed by atoms with Crippen LogP contribution >= 0.6 is 15.9 Å². The minimum atomic E-state index is -0.222. The number of β-amino-alcohol motifs (C(OH)–C–C–N with tert-alkyl or cyclic N) is 1. The fraction of sp³-hybridized carbons (Fsp3) is 1.00. The molecule has 88 valence electrons. The molecule has 0 radical (unpaired) electrons. The molecule has 1 N–H and O–H groups in total. The SMILES string of the molecule is CC1CN2CCCC2CN1CC(O)CBr. The molecule has 0 aliphatic carbocycles. The van der Waals surface area contributed by atoms with Gasteiger partial charge >= 0.3 is 0 Å². The first kappa shape index (κ1) is 11.8. The number of nitrogens with zero attached hydrogens (tertiary/aromatic N) is 2. The van der Waals surface area contributed by atoms with Gasteiger partial charge in [-0.1, -0.05) is 15.9 Å². The van der Waals surface area contributed by atoms with E-state index in [1.165, 1.54) is 25.9 Å². The third kappa shape index (κ3) is 2.73. The molecule has 4 heteroatoms. The molecule has 15 heavy (non-hydrogen) atoms. The maximum atomic E-state index is 9.67. The van der Waals surface area contributed by atoms with Gasteiger partial charge in [0.2, 0.25) is 0 Å². The monoisotopic (exact) mass is 276 g/mol. The van der Waals surface area contributed by atoms with Gasteiger partial charge in [-0.25, -0.2) is 0 Å². The van der Waals surface area contributed by atoms with E-state index in [0.717, 1.165) is 19.1 Å². The fourth-order valence-electron chi connectivity index (χ4n) is 2.82. The van der Waals surface area contributed by atoms with Gasteiger partial charge in [0.1, 0.15) is 0 Å². The highest BCUT2D eigenvalue weighted by Gasteiger charge is 2.34. The quantitative estimate of drug-likeness (QED) is 0.777. The standard InChI is InChI=1S/C11H21BrN2O/c1-9-6-13-4-2-3-10(13)7-14(9)8-11(15)5-12/h9-11,15H,2-8H2,1H3. The van der Waals surface area contributed by atoms with Crippen LogP contribution in [0.1, 0.15) is 19.8 Å². The molecule has 2 fully saturated rings. The molecular weight excluding hydrogens is 256 g/mol. The van der Waals surface area contributed by atoms with Crippen LogP contribution in [0.3, 0.4) is 0 Å². The zero-order valence-electron chi connectivity index (χ0n) is 9.40. The average Bonchev–Trinajstić information content (AvgIpc) is 2.65. The van der Waals surface area contributed by atoms with Crippen molar-refractivity contribution in [2.75, 3.05) is 31.5 Å². The largest absolute Gasteiger partial charge is 0.391 e. The van der Waals surface area contributed by atoms with Crippen LogP contribution in [-0.2, 0) is 0 Å². The lowest BCUT2D eigenvalue weighted by atomic mass is 10.1. The molecular formula is C11H21BrN2O. The smallest absolute Gasteiger partial charge is 0.0763 e. The first-order valence-corrected chi connectivity index (χ1v) is 7.05. The van der Waals surface area contributed by atoms with E-state index in [-0.39, 0.29) is 6.10 Å². The van der Waals surface area contributed by atoms with Crippen LogP contribution in [0, 0.1) is 0 Å². The van der Waals surface area contributed by atoms with Gasteiger partial charge in [0.25, 0.3) is 0 Å². The molecule has 2 aliphatic heterocycles. The molecule has 0 spiro atoms. The normalized spacial score (nSPS) is 35.4. The number of aliphatic hydroxyl groups is 1. The number of piperazine rings is 1. The van der Waals surface area contributed by atoms with Crippen LogP contribution in [0.25, 0.3) is 0 Å².